The van der Waals surface area contributed by atoms with Crippen molar-refractivity contribution in [1.29, 1.82) is 0 Å². The number of pyridine rings is 1. The summed E-state index contributed by atoms with van der Waals surface area (Å²) in [5.74, 6) is 6.87. The number of nitrogens with one attached hydrogen (secondary N) is 1. The highest BCUT2D eigenvalue weighted by atomic mass is 16.5. The smallest absolute Gasteiger partial charge is 0.302 e. The van der Waals surface area contributed by atoms with Crippen LogP contribution in [0.1, 0.15) is 12.0 Å². The van der Waals surface area contributed by atoms with Gasteiger partial charge < -0.3 is 24.5 Å². The van der Waals surface area contributed by atoms with Gasteiger partial charge >= 0.3 is 5.91 Å². The zero-order valence-corrected chi connectivity index (χ0v) is 20.3. The predicted octanol–water partition coefficient (Wildman–Crippen LogP) is 4.47. The summed E-state index contributed by atoms with van der Waals surface area (Å²) in [6.07, 6.45) is 7.28. The van der Waals surface area contributed by atoms with Crippen LogP contribution in [0.25, 0.3) is 16.6 Å². The third kappa shape index (κ3) is 5.19. The number of hydrogen-bond acceptors (Lipinski definition) is 7. The minimum Gasteiger partial charge on any atom is -0.457 e. The predicted molar refractivity (Wildman–Crippen MR) is 142 cm³/mol. The Bertz CT molecular complexity index is 1670. The number of aromatic nitrogens is 4. The van der Waals surface area contributed by atoms with Gasteiger partial charge in [0.15, 0.2) is 0 Å². The van der Waals surface area contributed by atoms with E-state index in [1.165, 1.54) is 11.2 Å². The molecule has 0 saturated heterocycles. The van der Waals surface area contributed by atoms with Crippen LogP contribution in [0.5, 0.6) is 11.5 Å². The van der Waals surface area contributed by atoms with Gasteiger partial charge in [-0.15, -0.1) is 0 Å². The van der Waals surface area contributed by atoms with E-state index >= 15 is 0 Å². The summed E-state index contributed by atoms with van der Waals surface area (Å²) >= 11 is 0. The second kappa shape index (κ2) is 10.4. The van der Waals surface area contributed by atoms with E-state index in [-0.39, 0.29) is 18.9 Å². The average Bonchev–Trinajstić information content (AvgIpc) is 3.38. The summed E-state index contributed by atoms with van der Waals surface area (Å²) in [6.45, 7) is 1.89. The van der Waals surface area contributed by atoms with Crippen molar-refractivity contribution in [2.45, 2.75) is 13.3 Å². The van der Waals surface area contributed by atoms with Crippen LogP contribution in [-0.2, 0) is 4.79 Å². The number of carbonyl (C=O) groups excluding carboxylic acids is 1. The molecule has 2 N–H and O–H groups in total. The Morgan fingerprint density at radius 1 is 1.11 bits per heavy atom. The van der Waals surface area contributed by atoms with Gasteiger partial charge in [0, 0.05) is 54.9 Å². The molecule has 0 radical (unpaired) electrons. The van der Waals surface area contributed by atoms with E-state index in [2.05, 4.69) is 32.1 Å². The second-order valence-corrected chi connectivity index (χ2v) is 8.33. The van der Waals surface area contributed by atoms with Gasteiger partial charge in [-0.2, -0.15) is 0 Å². The highest BCUT2D eigenvalue weighted by molar-refractivity contribution is 6.06. The van der Waals surface area contributed by atoms with Crippen LogP contribution in [-0.4, -0.2) is 44.0 Å². The minimum atomic E-state index is -0.364. The molecule has 9 heteroatoms. The highest BCUT2D eigenvalue weighted by Crippen LogP contribution is 2.31. The van der Waals surface area contributed by atoms with Crippen LogP contribution in [0.15, 0.2) is 73.4 Å². The first-order valence-electron chi connectivity index (χ1n) is 11.6. The number of rotatable bonds is 6. The Balaban J connectivity index is 1.38. The Morgan fingerprint density at radius 2 is 2.00 bits per heavy atom. The van der Waals surface area contributed by atoms with Crippen LogP contribution in [0.2, 0.25) is 0 Å². The fourth-order valence-electron chi connectivity index (χ4n) is 3.81. The molecule has 37 heavy (non-hydrogen) atoms. The lowest BCUT2D eigenvalue weighted by Crippen LogP contribution is -2.24. The fourth-order valence-corrected chi connectivity index (χ4v) is 3.81. The van der Waals surface area contributed by atoms with Crippen LogP contribution in [0, 0.1) is 18.8 Å². The normalized spacial score (nSPS) is 10.7. The van der Waals surface area contributed by atoms with Crippen molar-refractivity contribution < 1.29 is 14.6 Å². The molecule has 1 amide bonds. The second-order valence-electron chi connectivity index (χ2n) is 8.33. The molecule has 0 aliphatic rings. The van der Waals surface area contributed by atoms with Crippen molar-refractivity contribution in [1.82, 2.24) is 19.4 Å². The summed E-state index contributed by atoms with van der Waals surface area (Å²) in [7, 11) is 1.65. The number of anilines is 3. The molecule has 0 unspecified atom stereocenters. The van der Waals surface area contributed by atoms with Gasteiger partial charge in [0.25, 0.3) is 0 Å². The van der Waals surface area contributed by atoms with Gasteiger partial charge in [0.05, 0.1) is 12.1 Å². The first-order valence-corrected chi connectivity index (χ1v) is 11.6. The van der Waals surface area contributed by atoms with Gasteiger partial charge in [0.1, 0.15) is 29.3 Å². The number of hydrogen-bond donors (Lipinski definition) is 2. The van der Waals surface area contributed by atoms with Crippen molar-refractivity contribution >= 4 is 39.6 Å². The molecule has 5 rings (SSSR count). The molecule has 3 aromatic heterocycles. The molecule has 184 valence electrons. The molecule has 0 aliphatic heterocycles. The van der Waals surface area contributed by atoms with E-state index in [0.29, 0.717) is 17.3 Å². The first kappa shape index (κ1) is 23.8. The molecule has 3 heterocycles. The Hall–Kier alpha value is -4.94. The van der Waals surface area contributed by atoms with Gasteiger partial charge in [-0.1, -0.05) is 5.92 Å². The van der Waals surface area contributed by atoms with E-state index in [4.69, 9.17) is 9.84 Å². The maximum Gasteiger partial charge on any atom is 0.302 e. The summed E-state index contributed by atoms with van der Waals surface area (Å²) in [6, 6.07) is 15.1. The number of nitrogens with zero attached hydrogens (tertiary/aromatic N) is 5. The summed E-state index contributed by atoms with van der Waals surface area (Å²) in [5, 5.41) is 13.0. The third-order valence-electron chi connectivity index (χ3n) is 5.78. The van der Waals surface area contributed by atoms with E-state index in [9.17, 15) is 4.79 Å². The number of ether oxygens (including phenoxy) is 1. The number of aryl methyl sites for hydroxylation is 1. The molecule has 0 spiro atoms. The van der Waals surface area contributed by atoms with Crippen LogP contribution < -0.4 is 15.0 Å². The molecule has 2 aromatic carbocycles. The topological polar surface area (TPSA) is 105 Å². The number of imidazole rings is 1. The number of aliphatic hydroxyl groups excluding tert-OH is 1. The third-order valence-corrected chi connectivity index (χ3v) is 5.78. The molecule has 5 aromatic rings. The fraction of sp³-hybridized carbons (Fsp3) is 0.143. The summed E-state index contributed by atoms with van der Waals surface area (Å²) in [4.78, 5) is 26.9. The largest absolute Gasteiger partial charge is 0.457 e. The van der Waals surface area contributed by atoms with Crippen molar-refractivity contribution in [2.24, 2.45) is 0 Å². The molecule has 9 nitrogen and oxygen atoms in total. The van der Waals surface area contributed by atoms with Crippen LogP contribution >= 0.6 is 0 Å². The van der Waals surface area contributed by atoms with Gasteiger partial charge in [-0.05, 0) is 60.9 Å². The molecule has 0 aliphatic carbocycles. The maximum atomic E-state index is 12.4. The number of carbonyl (C=O) groups is 1. The number of fused-ring (bicyclic) bond motifs is 2. The number of benzene rings is 2. The van der Waals surface area contributed by atoms with Crippen molar-refractivity contribution in [3.8, 4) is 23.3 Å². The quantitative estimate of drug-likeness (QED) is 0.337. The van der Waals surface area contributed by atoms with Crippen molar-refractivity contribution in [2.75, 3.05) is 23.9 Å². The van der Waals surface area contributed by atoms with Crippen LogP contribution in [0.4, 0.5) is 17.2 Å². The summed E-state index contributed by atoms with van der Waals surface area (Å²) in [5.41, 5.74) is 3.98. The lowest BCUT2D eigenvalue weighted by Gasteiger charge is -2.16. The zero-order valence-electron chi connectivity index (χ0n) is 20.3. The standard InChI is InChI=1S/C28H24N6O3/c1-19-15-20(6-9-25(19)37-22-10-12-34-13-11-29-26(34)17-22)32-28-23-16-21(7-8-24(23)30-18-31-28)33(2)27(36)5-3-4-14-35/h6-13,15-18,35H,4,14H2,1-2H3,(H,30,31,32). The molecule has 0 bridgehead atoms. The molecule has 0 atom stereocenters. The van der Waals surface area contributed by atoms with Crippen molar-refractivity contribution in [3.63, 3.8) is 0 Å². The van der Waals surface area contributed by atoms with E-state index < -0.39 is 0 Å². The van der Waals surface area contributed by atoms with Gasteiger partial charge in [0.2, 0.25) is 0 Å². The minimum absolute atomic E-state index is 0.0833. The Morgan fingerprint density at radius 3 is 2.84 bits per heavy atom. The van der Waals surface area contributed by atoms with E-state index in [1.54, 1.807) is 13.2 Å². The van der Waals surface area contributed by atoms with Crippen molar-refractivity contribution in [3.05, 3.63) is 79.0 Å². The zero-order chi connectivity index (χ0) is 25.8. The highest BCUT2D eigenvalue weighted by Gasteiger charge is 2.12. The molecular formula is C28H24N6O3. The Kier molecular flexibility index (Phi) is 6.66. The Labute approximate surface area is 213 Å². The first-order chi connectivity index (χ1) is 18.0. The van der Waals surface area contributed by atoms with Gasteiger partial charge in [-0.3, -0.25) is 4.79 Å². The van der Waals surface area contributed by atoms with E-state index in [1.807, 2.05) is 72.2 Å². The van der Waals surface area contributed by atoms with Crippen LogP contribution in [0.3, 0.4) is 0 Å². The van der Waals surface area contributed by atoms with E-state index in [0.717, 1.165) is 33.6 Å². The lowest BCUT2D eigenvalue weighted by atomic mass is 10.1. The van der Waals surface area contributed by atoms with Gasteiger partial charge in [-0.25, -0.2) is 15.0 Å². The molecule has 0 saturated carbocycles. The monoisotopic (exact) mass is 492 g/mol. The lowest BCUT2D eigenvalue weighted by molar-refractivity contribution is -0.113. The summed E-state index contributed by atoms with van der Waals surface area (Å²) < 4.78 is 8.01. The SMILES string of the molecule is Cc1cc(Nc2ncnc3ccc(N(C)C(=O)C#CCCO)cc23)ccc1Oc1ccn2ccnc2c1. The number of aliphatic hydroxyl groups is 1. The molecule has 0 fully saturated rings. The molecular weight excluding hydrogens is 468 g/mol. The maximum absolute atomic E-state index is 12.4. The average molecular weight is 493 g/mol. The number of amides is 1.